The van der Waals surface area contributed by atoms with Crippen LogP contribution in [0.1, 0.15) is 19.5 Å². The summed E-state index contributed by atoms with van der Waals surface area (Å²) in [6.45, 7) is 5.75. The van der Waals surface area contributed by atoms with E-state index in [1.165, 1.54) is 6.07 Å². The van der Waals surface area contributed by atoms with Gasteiger partial charge in [-0.25, -0.2) is 8.78 Å². The van der Waals surface area contributed by atoms with Crippen molar-refractivity contribution in [1.82, 2.24) is 10.3 Å². The normalized spacial score (nSPS) is 10.9. The van der Waals surface area contributed by atoms with E-state index in [0.717, 1.165) is 24.4 Å². The molecule has 3 nitrogen and oxygen atoms in total. The summed E-state index contributed by atoms with van der Waals surface area (Å²) in [7, 11) is 0. The van der Waals surface area contributed by atoms with E-state index in [1.807, 2.05) is 0 Å². The topological polar surface area (TPSA) is 34.1 Å². The summed E-state index contributed by atoms with van der Waals surface area (Å²) in [6, 6.07) is 6.58. The first kappa shape index (κ1) is 15.4. The molecule has 0 aliphatic heterocycles. The van der Waals surface area contributed by atoms with E-state index >= 15 is 0 Å². The minimum absolute atomic E-state index is 0.0105. The lowest BCUT2D eigenvalue weighted by Gasteiger charge is -2.09. The third kappa shape index (κ3) is 4.79. The van der Waals surface area contributed by atoms with Gasteiger partial charge < -0.3 is 10.1 Å². The minimum atomic E-state index is -0.730. The Kier molecular flexibility index (Phi) is 5.22. The Hall–Kier alpha value is -2.01. The van der Waals surface area contributed by atoms with Gasteiger partial charge in [0.1, 0.15) is 11.6 Å². The molecule has 112 valence electrons. The number of rotatable bonds is 6. The Balaban J connectivity index is 2.03. The van der Waals surface area contributed by atoms with Crippen LogP contribution in [0.2, 0.25) is 0 Å². The Bertz CT molecular complexity index is 603. The van der Waals surface area contributed by atoms with Gasteiger partial charge in [-0.2, -0.15) is 0 Å². The molecule has 5 heteroatoms. The van der Waals surface area contributed by atoms with Gasteiger partial charge in [-0.1, -0.05) is 13.8 Å². The second-order valence-corrected chi connectivity index (χ2v) is 5.18. The smallest absolute Gasteiger partial charge is 0.168 e. The zero-order chi connectivity index (χ0) is 15.2. The molecule has 21 heavy (non-hydrogen) atoms. The van der Waals surface area contributed by atoms with Gasteiger partial charge in [-0.15, -0.1) is 0 Å². The van der Waals surface area contributed by atoms with Gasteiger partial charge in [0, 0.05) is 24.9 Å². The van der Waals surface area contributed by atoms with Crippen LogP contribution in [-0.2, 0) is 6.54 Å². The largest absolute Gasteiger partial charge is 0.454 e. The van der Waals surface area contributed by atoms with Crippen molar-refractivity contribution in [1.29, 1.82) is 0 Å². The molecule has 1 N–H and O–H groups in total. The molecule has 0 fully saturated rings. The van der Waals surface area contributed by atoms with Crippen molar-refractivity contribution in [2.45, 2.75) is 20.4 Å². The summed E-state index contributed by atoms with van der Waals surface area (Å²) in [5, 5.41) is 3.27. The van der Waals surface area contributed by atoms with Crippen LogP contribution >= 0.6 is 0 Å². The van der Waals surface area contributed by atoms with Crippen molar-refractivity contribution in [3.8, 4) is 11.5 Å². The number of hydrogen-bond donors (Lipinski definition) is 1. The van der Waals surface area contributed by atoms with Crippen molar-refractivity contribution in [3.05, 3.63) is 53.9 Å². The average molecular weight is 292 g/mol. The zero-order valence-corrected chi connectivity index (χ0v) is 12.1. The minimum Gasteiger partial charge on any atom is -0.454 e. The fraction of sp³-hybridized carbons (Fsp3) is 0.312. The molecule has 1 heterocycles. The molecule has 1 aromatic heterocycles. The average Bonchev–Trinajstić information content (AvgIpc) is 2.42. The number of aromatic nitrogens is 1. The molecule has 0 radical (unpaired) electrons. The summed E-state index contributed by atoms with van der Waals surface area (Å²) in [4.78, 5) is 4.22. The van der Waals surface area contributed by atoms with Gasteiger partial charge in [-0.05, 0) is 30.7 Å². The SMILES string of the molecule is CC(C)CNCc1cc(Oc2ccc(F)cc2F)ccn1. The summed E-state index contributed by atoms with van der Waals surface area (Å²) in [5.41, 5.74) is 0.802. The maximum atomic E-state index is 13.5. The summed E-state index contributed by atoms with van der Waals surface area (Å²) in [6.07, 6.45) is 1.60. The zero-order valence-electron chi connectivity index (χ0n) is 12.1. The standard InChI is InChI=1S/C16H18F2N2O/c1-11(2)9-19-10-13-8-14(5-6-20-13)21-16-4-3-12(17)7-15(16)18/h3-8,11,19H,9-10H2,1-2H3. The molecule has 0 unspecified atom stereocenters. The summed E-state index contributed by atoms with van der Waals surface area (Å²) in [5.74, 6) is -0.349. The van der Waals surface area contributed by atoms with Gasteiger partial charge in [0.15, 0.2) is 11.6 Å². The highest BCUT2D eigenvalue weighted by Crippen LogP contribution is 2.24. The van der Waals surface area contributed by atoms with Crippen LogP contribution in [-0.4, -0.2) is 11.5 Å². The molecule has 0 aliphatic carbocycles. The summed E-state index contributed by atoms with van der Waals surface area (Å²) >= 11 is 0. The predicted molar refractivity (Wildman–Crippen MR) is 77.2 cm³/mol. The Morgan fingerprint density at radius 2 is 2.00 bits per heavy atom. The first-order valence-electron chi connectivity index (χ1n) is 6.83. The molecular weight excluding hydrogens is 274 g/mol. The number of benzene rings is 1. The third-order valence-corrected chi connectivity index (χ3v) is 2.77. The molecule has 0 bridgehead atoms. The molecule has 0 spiro atoms. The summed E-state index contributed by atoms with van der Waals surface area (Å²) < 4.78 is 31.8. The van der Waals surface area contributed by atoms with E-state index in [-0.39, 0.29) is 5.75 Å². The number of pyridine rings is 1. The lowest BCUT2D eigenvalue weighted by molar-refractivity contribution is 0.436. The molecule has 0 atom stereocenters. The number of ether oxygens (including phenoxy) is 1. The third-order valence-electron chi connectivity index (χ3n) is 2.77. The lowest BCUT2D eigenvalue weighted by Crippen LogP contribution is -2.19. The molecule has 0 amide bonds. The highest BCUT2D eigenvalue weighted by atomic mass is 19.1. The van der Waals surface area contributed by atoms with Gasteiger partial charge in [0.05, 0.1) is 5.69 Å². The molecule has 0 saturated carbocycles. The van der Waals surface area contributed by atoms with Crippen molar-refractivity contribution in [2.75, 3.05) is 6.54 Å². The van der Waals surface area contributed by atoms with Crippen molar-refractivity contribution >= 4 is 0 Å². The van der Waals surface area contributed by atoms with Gasteiger partial charge >= 0.3 is 0 Å². The van der Waals surface area contributed by atoms with Crippen LogP contribution in [0.25, 0.3) is 0 Å². The van der Waals surface area contributed by atoms with Crippen molar-refractivity contribution in [3.63, 3.8) is 0 Å². The second-order valence-electron chi connectivity index (χ2n) is 5.18. The van der Waals surface area contributed by atoms with E-state index < -0.39 is 11.6 Å². The Labute approximate surface area is 123 Å². The molecule has 1 aromatic carbocycles. The fourth-order valence-electron chi connectivity index (χ4n) is 1.79. The number of nitrogens with one attached hydrogen (secondary N) is 1. The maximum absolute atomic E-state index is 13.5. The van der Waals surface area contributed by atoms with Crippen LogP contribution in [0, 0.1) is 17.6 Å². The predicted octanol–water partition coefficient (Wildman–Crippen LogP) is 3.90. The fourth-order valence-corrected chi connectivity index (χ4v) is 1.79. The molecule has 2 rings (SSSR count). The highest BCUT2D eigenvalue weighted by Gasteiger charge is 2.07. The molecule has 0 saturated heterocycles. The molecule has 0 aliphatic rings. The number of nitrogens with zero attached hydrogens (tertiary/aromatic N) is 1. The van der Waals surface area contributed by atoms with Crippen molar-refractivity contribution < 1.29 is 13.5 Å². The van der Waals surface area contributed by atoms with Gasteiger partial charge in [0.2, 0.25) is 0 Å². The van der Waals surface area contributed by atoms with E-state index in [4.69, 9.17) is 4.74 Å². The molecular formula is C16H18F2N2O. The first-order chi connectivity index (χ1) is 10.0. The van der Waals surface area contributed by atoms with Crippen LogP contribution in [0.15, 0.2) is 36.5 Å². The Morgan fingerprint density at radius 3 is 2.71 bits per heavy atom. The monoisotopic (exact) mass is 292 g/mol. The van der Waals surface area contributed by atoms with E-state index in [0.29, 0.717) is 18.2 Å². The molecule has 2 aromatic rings. The second kappa shape index (κ2) is 7.13. The van der Waals surface area contributed by atoms with E-state index in [9.17, 15) is 8.78 Å². The quantitative estimate of drug-likeness (QED) is 0.877. The van der Waals surface area contributed by atoms with Crippen LogP contribution in [0.3, 0.4) is 0 Å². The maximum Gasteiger partial charge on any atom is 0.168 e. The van der Waals surface area contributed by atoms with Gasteiger partial charge in [-0.3, -0.25) is 4.98 Å². The van der Waals surface area contributed by atoms with E-state index in [2.05, 4.69) is 24.1 Å². The van der Waals surface area contributed by atoms with Gasteiger partial charge in [0.25, 0.3) is 0 Å². The van der Waals surface area contributed by atoms with Crippen LogP contribution in [0.4, 0.5) is 8.78 Å². The van der Waals surface area contributed by atoms with Crippen LogP contribution in [0.5, 0.6) is 11.5 Å². The first-order valence-corrected chi connectivity index (χ1v) is 6.83. The Morgan fingerprint density at radius 1 is 1.19 bits per heavy atom. The lowest BCUT2D eigenvalue weighted by atomic mass is 10.2. The number of halogens is 2. The van der Waals surface area contributed by atoms with E-state index in [1.54, 1.807) is 18.3 Å². The van der Waals surface area contributed by atoms with Crippen LogP contribution < -0.4 is 10.1 Å². The highest BCUT2D eigenvalue weighted by molar-refractivity contribution is 5.32. The number of hydrogen-bond acceptors (Lipinski definition) is 3. The van der Waals surface area contributed by atoms with Crippen molar-refractivity contribution in [2.24, 2.45) is 5.92 Å².